The number of nitrogens with zero attached hydrogens (tertiary/aromatic N) is 4. The standard InChI is InChI=1S/C24H31N5O3S2/c1-15(2)23(30)26-24-25-22-13-18(17-5-4-6-17)12-19(29(22)27-24)20-11-16(3)21(33-20)14-28-7-9-34(31,32)10-8-28/h11-13,15,17H,4-10,14H2,1-3H3,(H,26,27,30). The maximum Gasteiger partial charge on any atom is 0.249 e. The fourth-order valence-corrected chi connectivity index (χ4v) is 6.87. The van der Waals surface area contributed by atoms with Gasteiger partial charge in [0.25, 0.3) is 0 Å². The van der Waals surface area contributed by atoms with E-state index in [1.807, 2.05) is 18.4 Å². The third-order valence-electron chi connectivity index (χ3n) is 6.87. The molecule has 1 N–H and O–H groups in total. The highest BCUT2D eigenvalue weighted by Crippen LogP contribution is 2.40. The fraction of sp³-hybridized carbons (Fsp3) is 0.542. The van der Waals surface area contributed by atoms with E-state index in [1.165, 1.54) is 35.3 Å². The summed E-state index contributed by atoms with van der Waals surface area (Å²) in [5.41, 5.74) is 4.20. The van der Waals surface area contributed by atoms with Crippen molar-refractivity contribution in [1.82, 2.24) is 19.5 Å². The first-order valence-electron chi connectivity index (χ1n) is 11.9. The van der Waals surface area contributed by atoms with Crippen LogP contribution in [-0.2, 0) is 21.2 Å². The molecule has 34 heavy (non-hydrogen) atoms. The molecule has 0 radical (unpaired) electrons. The summed E-state index contributed by atoms with van der Waals surface area (Å²) in [7, 11) is -2.89. The summed E-state index contributed by atoms with van der Waals surface area (Å²) in [5, 5.41) is 7.46. The smallest absolute Gasteiger partial charge is 0.249 e. The first kappa shape index (κ1) is 23.4. The van der Waals surface area contributed by atoms with Gasteiger partial charge >= 0.3 is 0 Å². The average molecular weight is 502 g/mol. The van der Waals surface area contributed by atoms with Crippen LogP contribution in [-0.4, -0.2) is 58.4 Å². The lowest BCUT2D eigenvalue weighted by Crippen LogP contribution is -2.39. The molecule has 5 rings (SSSR count). The van der Waals surface area contributed by atoms with Crippen molar-refractivity contribution in [3.8, 4) is 10.6 Å². The third-order valence-corrected chi connectivity index (χ3v) is 9.73. The highest BCUT2D eigenvalue weighted by Gasteiger charge is 2.25. The molecule has 0 unspecified atom stereocenters. The molecule has 0 atom stereocenters. The van der Waals surface area contributed by atoms with Gasteiger partial charge in [-0.05, 0) is 55.0 Å². The number of pyridine rings is 1. The Morgan fingerprint density at radius 3 is 2.59 bits per heavy atom. The van der Waals surface area contributed by atoms with Gasteiger partial charge in [-0.25, -0.2) is 12.9 Å². The van der Waals surface area contributed by atoms with Crippen molar-refractivity contribution in [2.45, 2.75) is 52.5 Å². The number of hydrogen-bond donors (Lipinski definition) is 1. The minimum absolute atomic E-state index is 0.102. The van der Waals surface area contributed by atoms with Crippen molar-refractivity contribution in [2.75, 3.05) is 29.9 Å². The van der Waals surface area contributed by atoms with Gasteiger partial charge in [0.1, 0.15) is 0 Å². The molecule has 1 aliphatic carbocycles. The predicted molar refractivity (Wildman–Crippen MR) is 135 cm³/mol. The summed E-state index contributed by atoms with van der Waals surface area (Å²) in [4.78, 5) is 21.4. The number of nitrogens with one attached hydrogen (secondary N) is 1. The van der Waals surface area contributed by atoms with Crippen LogP contribution in [0.5, 0.6) is 0 Å². The number of thiophene rings is 1. The number of carbonyl (C=O) groups excluding carboxylic acids is 1. The van der Waals surface area contributed by atoms with Crippen LogP contribution in [0.3, 0.4) is 0 Å². The molecular weight excluding hydrogens is 470 g/mol. The second kappa shape index (κ2) is 9.05. The Hall–Kier alpha value is -2.30. The molecule has 0 bridgehead atoms. The fourth-order valence-electron chi connectivity index (χ4n) is 4.38. The highest BCUT2D eigenvalue weighted by molar-refractivity contribution is 7.91. The molecular formula is C24H31N5O3S2. The predicted octanol–water partition coefficient (Wildman–Crippen LogP) is 3.86. The van der Waals surface area contributed by atoms with Crippen molar-refractivity contribution >= 4 is 38.7 Å². The zero-order valence-electron chi connectivity index (χ0n) is 19.9. The lowest BCUT2D eigenvalue weighted by atomic mass is 9.80. The van der Waals surface area contributed by atoms with Gasteiger partial charge in [0.05, 0.1) is 22.1 Å². The Bertz CT molecular complexity index is 1320. The summed E-state index contributed by atoms with van der Waals surface area (Å²) in [6, 6.07) is 6.51. The molecule has 182 valence electrons. The Labute approximate surface area is 204 Å². The first-order chi connectivity index (χ1) is 16.2. The molecule has 1 saturated carbocycles. The van der Waals surface area contributed by atoms with Crippen molar-refractivity contribution in [2.24, 2.45) is 5.92 Å². The third kappa shape index (κ3) is 4.76. The van der Waals surface area contributed by atoms with E-state index in [4.69, 9.17) is 0 Å². The van der Waals surface area contributed by atoms with E-state index >= 15 is 0 Å². The Kier molecular flexibility index (Phi) is 6.24. The van der Waals surface area contributed by atoms with E-state index in [2.05, 4.69) is 45.4 Å². The quantitative estimate of drug-likeness (QED) is 0.551. The largest absolute Gasteiger partial charge is 0.296 e. The summed E-state index contributed by atoms with van der Waals surface area (Å²) in [5.74, 6) is 1.09. The first-order valence-corrected chi connectivity index (χ1v) is 14.6. The molecule has 4 heterocycles. The highest BCUT2D eigenvalue weighted by atomic mass is 32.2. The van der Waals surface area contributed by atoms with Gasteiger partial charge in [-0.3, -0.25) is 15.0 Å². The van der Waals surface area contributed by atoms with Crippen LogP contribution < -0.4 is 5.32 Å². The molecule has 1 saturated heterocycles. The van der Waals surface area contributed by atoms with Crippen molar-refractivity contribution < 1.29 is 13.2 Å². The van der Waals surface area contributed by atoms with Gasteiger partial charge in [-0.15, -0.1) is 16.4 Å². The van der Waals surface area contributed by atoms with Crippen molar-refractivity contribution in [3.63, 3.8) is 0 Å². The number of hydrogen-bond acceptors (Lipinski definition) is 7. The van der Waals surface area contributed by atoms with Crippen LogP contribution in [0.4, 0.5) is 5.95 Å². The lowest BCUT2D eigenvalue weighted by molar-refractivity contribution is -0.118. The average Bonchev–Trinajstić information content (AvgIpc) is 3.30. The molecule has 3 aromatic rings. The van der Waals surface area contributed by atoms with Gasteiger partial charge in [-0.2, -0.15) is 4.98 Å². The molecule has 0 spiro atoms. The molecule has 0 aromatic carbocycles. The van der Waals surface area contributed by atoms with Crippen LogP contribution in [0, 0.1) is 12.8 Å². The van der Waals surface area contributed by atoms with E-state index in [0.29, 0.717) is 25.0 Å². The maximum absolute atomic E-state index is 12.2. The van der Waals surface area contributed by atoms with E-state index in [-0.39, 0.29) is 23.3 Å². The number of fused-ring (bicyclic) bond motifs is 1. The summed E-state index contributed by atoms with van der Waals surface area (Å²) in [6.45, 7) is 7.72. The van der Waals surface area contributed by atoms with E-state index < -0.39 is 9.84 Å². The van der Waals surface area contributed by atoms with Gasteiger partial charge in [0, 0.05) is 30.4 Å². The van der Waals surface area contributed by atoms with Crippen LogP contribution in [0.1, 0.15) is 55.0 Å². The number of aryl methyl sites for hydroxylation is 1. The second-order valence-electron chi connectivity index (χ2n) is 9.80. The Balaban J connectivity index is 1.48. The number of rotatable bonds is 6. The summed E-state index contributed by atoms with van der Waals surface area (Å²) in [6.07, 6.45) is 3.63. The van der Waals surface area contributed by atoms with Gasteiger partial charge in [0.2, 0.25) is 11.9 Å². The monoisotopic (exact) mass is 501 g/mol. The van der Waals surface area contributed by atoms with Crippen LogP contribution in [0.15, 0.2) is 18.2 Å². The zero-order valence-corrected chi connectivity index (χ0v) is 21.5. The molecule has 3 aromatic heterocycles. The minimum Gasteiger partial charge on any atom is -0.296 e. The summed E-state index contributed by atoms with van der Waals surface area (Å²) < 4.78 is 25.4. The lowest BCUT2D eigenvalue weighted by Gasteiger charge is -2.26. The van der Waals surface area contributed by atoms with Crippen molar-refractivity contribution in [3.05, 3.63) is 34.2 Å². The molecule has 10 heteroatoms. The number of sulfone groups is 1. The molecule has 1 amide bonds. The second-order valence-corrected chi connectivity index (χ2v) is 13.2. The zero-order chi connectivity index (χ0) is 24.0. The minimum atomic E-state index is -2.89. The van der Waals surface area contributed by atoms with Gasteiger partial charge in [-0.1, -0.05) is 20.3 Å². The molecule has 8 nitrogen and oxygen atoms in total. The number of amides is 1. The normalized spacial score (nSPS) is 18.9. The molecule has 2 fully saturated rings. The number of aromatic nitrogens is 3. The van der Waals surface area contributed by atoms with Crippen LogP contribution in [0.25, 0.3) is 16.2 Å². The summed E-state index contributed by atoms with van der Waals surface area (Å²) >= 11 is 1.73. The Morgan fingerprint density at radius 2 is 1.94 bits per heavy atom. The molecule has 2 aliphatic rings. The van der Waals surface area contributed by atoms with E-state index in [9.17, 15) is 13.2 Å². The van der Waals surface area contributed by atoms with E-state index in [1.54, 1.807) is 11.3 Å². The SMILES string of the molecule is Cc1cc(-c2cc(C3CCC3)cc3nc(NC(=O)C(C)C)nn23)sc1CN1CCS(=O)(=O)CC1. The number of carbonyl (C=O) groups is 1. The van der Waals surface area contributed by atoms with E-state index in [0.717, 1.165) is 22.8 Å². The molecule has 1 aliphatic heterocycles. The number of anilines is 1. The van der Waals surface area contributed by atoms with Gasteiger partial charge in [0.15, 0.2) is 15.5 Å². The van der Waals surface area contributed by atoms with Crippen LogP contribution >= 0.6 is 11.3 Å². The van der Waals surface area contributed by atoms with Crippen LogP contribution in [0.2, 0.25) is 0 Å². The Morgan fingerprint density at radius 1 is 1.21 bits per heavy atom. The van der Waals surface area contributed by atoms with Crippen molar-refractivity contribution in [1.29, 1.82) is 0 Å². The maximum atomic E-state index is 12.2. The topological polar surface area (TPSA) is 96.7 Å². The van der Waals surface area contributed by atoms with Gasteiger partial charge < -0.3 is 0 Å².